The fraction of sp³-hybridized carbons (Fsp3) is 0.565. The van der Waals surface area contributed by atoms with Gasteiger partial charge in [-0.15, -0.1) is 0 Å². The van der Waals surface area contributed by atoms with Gasteiger partial charge in [0, 0.05) is 29.8 Å². The van der Waals surface area contributed by atoms with Crippen LogP contribution >= 0.6 is 0 Å². The first-order valence-electron chi connectivity index (χ1n) is 11.2. The fourth-order valence-electron chi connectivity index (χ4n) is 6.18. The van der Waals surface area contributed by atoms with Gasteiger partial charge < -0.3 is 10.4 Å². The van der Waals surface area contributed by atoms with Crippen molar-refractivity contribution in [2.45, 2.75) is 69.0 Å². The maximum absolute atomic E-state index is 13.8. The van der Waals surface area contributed by atoms with E-state index >= 15 is 0 Å². The van der Waals surface area contributed by atoms with E-state index in [-0.39, 0.29) is 36.6 Å². The van der Waals surface area contributed by atoms with E-state index < -0.39 is 29.4 Å². The molecular weight excluding hydrogens is 398 g/mol. The number of anilines is 1. The minimum atomic E-state index is -1.34. The highest BCUT2D eigenvalue weighted by Crippen LogP contribution is 2.54. The lowest BCUT2D eigenvalue weighted by Crippen LogP contribution is -2.54. The molecule has 164 valence electrons. The molecule has 8 nitrogen and oxygen atoms in total. The number of carboxylic acid groups (broad SMARTS) is 1. The molecule has 3 fully saturated rings. The average molecular weight is 425 g/mol. The number of hydrogen-bond donors (Lipinski definition) is 3. The first kappa shape index (κ1) is 20.2. The molecule has 1 spiro atoms. The molecule has 4 aliphatic rings. The first-order valence-corrected chi connectivity index (χ1v) is 11.2. The number of carboxylic acids is 1. The van der Waals surface area contributed by atoms with E-state index in [1.165, 1.54) is 4.90 Å². The first-order chi connectivity index (χ1) is 14.9. The summed E-state index contributed by atoms with van der Waals surface area (Å²) in [5.74, 6) is -3.44. The van der Waals surface area contributed by atoms with E-state index in [4.69, 9.17) is 0 Å². The molecule has 1 saturated carbocycles. The summed E-state index contributed by atoms with van der Waals surface area (Å²) in [5.41, 5.74) is -0.0427. The number of carbonyl (C=O) groups excluding carboxylic acids is 3. The van der Waals surface area contributed by atoms with Crippen molar-refractivity contribution in [1.29, 1.82) is 0 Å². The van der Waals surface area contributed by atoms with Crippen molar-refractivity contribution in [3.63, 3.8) is 0 Å². The number of rotatable bonds is 4. The molecule has 3 amide bonds. The van der Waals surface area contributed by atoms with Gasteiger partial charge in [0.05, 0.1) is 11.8 Å². The zero-order valence-corrected chi connectivity index (χ0v) is 17.3. The number of nitrogens with one attached hydrogen (secondary N) is 2. The third kappa shape index (κ3) is 2.91. The van der Waals surface area contributed by atoms with Crippen LogP contribution in [0.2, 0.25) is 0 Å². The van der Waals surface area contributed by atoms with Gasteiger partial charge in [0.15, 0.2) is 0 Å². The maximum Gasteiger partial charge on any atom is 0.303 e. The van der Waals surface area contributed by atoms with Gasteiger partial charge in [0.2, 0.25) is 17.7 Å². The van der Waals surface area contributed by atoms with E-state index in [0.717, 1.165) is 38.5 Å². The lowest BCUT2D eigenvalue weighted by molar-refractivity contribution is -0.146. The number of hydrogen-bond acceptors (Lipinski definition) is 5. The van der Waals surface area contributed by atoms with Crippen LogP contribution in [0.25, 0.3) is 0 Å². The zero-order chi connectivity index (χ0) is 21.8. The number of benzene rings is 1. The number of fused-ring (bicyclic) bond motifs is 4. The quantitative estimate of drug-likeness (QED) is 0.502. The number of amides is 3. The Morgan fingerprint density at radius 2 is 1.77 bits per heavy atom. The molecule has 0 bridgehead atoms. The van der Waals surface area contributed by atoms with Gasteiger partial charge in [-0.2, -0.15) is 0 Å². The fourth-order valence-corrected chi connectivity index (χ4v) is 6.18. The van der Waals surface area contributed by atoms with E-state index in [1.54, 1.807) is 6.07 Å². The van der Waals surface area contributed by atoms with Crippen molar-refractivity contribution in [2.75, 3.05) is 5.32 Å². The van der Waals surface area contributed by atoms with E-state index in [9.17, 15) is 24.3 Å². The Morgan fingerprint density at radius 1 is 1.06 bits per heavy atom. The summed E-state index contributed by atoms with van der Waals surface area (Å²) in [5, 5.41) is 15.4. The second-order valence-electron chi connectivity index (χ2n) is 9.19. The summed E-state index contributed by atoms with van der Waals surface area (Å²) in [6.07, 6.45) is 5.79. The van der Waals surface area contributed by atoms with Crippen molar-refractivity contribution in [2.24, 2.45) is 11.8 Å². The van der Waals surface area contributed by atoms with Gasteiger partial charge in [-0.3, -0.25) is 29.4 Å². The molecular formula is C23H27N3O5. The molecule has 8 heteroatoms. The number of aliphatic carboxylic acids is 1. The van der Waals surface area contributed by atoms with Gasteiger partial charge >= 0.3 is 5.97 Å². The monoisotopic (exact) mass is 425 g/mol. The largest absolute Gasteiger partial charge is 0.481 e. The Bertz CT molecular complexity index is 954. The summed E-state index contributed by atoms with van der Waals surface area (Å²) in [6.45, 7) is 0. The van der Waals surface area contributed by atoms with Gasteiger partial charge in [-0.05, 0) is 25.3 Å². The highest BCUT2D eigenvalue weighted by Gasteiger charge is 2.70. The van der Waals surface area contributed by atoms with Crippen LogP contribution in [-0.2, 0) is 24.7 Å². The van der Waals surface area contributed by atoms with Crippen LogP contribution in [0.1, 0.15) is 56.9 Å². The molecule has 1 aliphatic carbocycles. The minimum Gasteiger partial charge on any atom is -0.481 e. The lowest BCUT2D eigenvalue weighted by Gasteiger charge is -2.32. The molecule has 3 N–H and O–H groups in total. The third-order valence-corrected chi connectivity index (χ3v) is 7.52. The minimum absolute atomic E-state index is 0.134. The molecule has 0 aromatic heterocycles. The average Bonchev–Trinajstić information content (AvgIpc) is 3.21. The second-order valence-corrected chi connectivity index (χ2v) is 9.19. The number of para-hydroxylation sites is 1. The molecule has 1 aromatic rings. The highest BCUT2D eigenvalue weighted by atomic mass is 16.4. The Labute approximate surface area is 180 Å². The van der Waals surface area contributed by atoms with E-state index in [2.05, 4.69) is 10.6 Å². The molecule has 0 unspecified atom stereocenters. The molecule has 3 heterocycles. The van der Waals surface area contributed by atoms with Crippen LogP contribution in [0.15, 0.2) is 24.3 Å². The third-order valence-electron chi connectivity index (χ3n) is 7.52. The van der Waals surface area contributed by atoms with Crippen molar-refractivity contribution in [3.8, 4) is 0 Å². The molecule has 4 atom stereocenters. The molecule has 2 saturated heterocycles. The van der Waals surface area contributed by atoms with Crippen molar-refractivity contribution in [3.05, 3.63) is 29.8 Å². The smallest absolute Gasteiger partial charge is 0.303 e. The zero-order valence-electron chi connectivity index (χ0n) is 17.3. The van der Waals surface area contributed by atoms with Crippen LogP contribution in [0, 0.1) is 11.8 Å². The van der Waals surface area contributed by atoms with Crippen molar-refractivity contribution in [1.82, 2.24) is 10.2 Å². The molecule has 5 rings (SSSR count). The maximum atomic E-state index is 13.8. The standard InChI is InChI=1S/C23H27N3O5/c27-17(28)12-11-16-18-19(21(30)26(20(18)29)13-7-3-1-2-4-8-13)23(25-16)14-9-5-6-10-15(14)24-22(23)31/h5-6,9-10,13,16,18-19,25H,1-4,7-8,11-12H2,(H,24,31)(H,27,28)/t16-,18+,19-,23+/m0/s1. The summed E-state index contributed by atoms with van der Waals surface area (Å²) in [4.78, 5) is 53.4. The van der Waals surface area contributed by atoms with Gasteiger partial charge in [0.1, 0.15) is 5.54 Å². The van der Waals surface area contributed by atoms with Gasteiger partial charge in [0.25, 0.3) is 0 Å². The predicted molar refractivity (Wildman–Crippen MR) is 111 cm³/mol. The normalized spacial score (nSPS) is 32.8. The van der Waals surface area contributed by atoms with Crippen LogP contribution in [0.4, 0.5) is 5.69 Å². The Morgan fingerprint density at radius 3 is 2.48 bits per heavy atom. The molecule has 0 radical (unpaired) electrons. The number of nitrogens with zero attached hydrogens (tertiary/aromatic N) is 1. The Balaban J connectivity index is 1.58. The van der Waals surface area contributed by atoms with Crippen LogP contribution in [0.5, 0.6) is 0 Å². The van der Waals surface area contributed by atoms with Crippen molar-refractivity contribution < 1.29 is 24.3 Å². The molecule has 31 heavy (non-hydrogen) atoms. The second kappa shape index (κ2) is 7.44. The topological polar surface area (TPSA) is 116 Å². The summed E-state index contributed by atoms with van der Waals surface area (Å²) >= 11 is 0. The van der Waals surface area contributed by atoms with Crippen LogP contribution < -0.4 is 10.6 Å². The number of carbonyl (C=O) groups is 4. The van der Waals surface area contributed by atoms with Crippen molar-refractivity contribution >= 4 is 29.4 Å². The summed E-state index contributed by atoms with van der Waals surface area (Å²) < 4.78 is 0. The summed E-state index contributed by atoms with van der Waals surface area (Å²) in [7, 11) is 0. The number of likely N-dealkylation sites (tertiary alicyclic amines) is 1. The van der Waals surface area contributed by atoms with Gasteiger partial charge in [-0.1, -0.05) is 43.9 Å². The molecule has 3 aliphatic heterocycles. The number of imide groups is 1. The SMILES string of the molecule is O=C(O)CC[C@@H]1N[C@@]2(C(=O)Nc3ccccc32)[C@@H]2C(=O)N(C3CCCCCC3)C(=O)[C@H]12. The highest BCUT2D eigenvalue weighted by molar-refractivity contribution is 6.15. The van der Waals surface area contributed by atoms with Gasteiger partial charge in [-0.25, -0.2) is 0 Å². The molecule has 1 aromatic carbocycles. The predicted octanol–water partition coefficient (Wildman–Crippen LogP) is 1.99. The lowest BCUT2D eigenvalue weighted by atomic mass is 9.76. The van der Waals surface area contributed by atoms with Crippen LogP contribution in [-0.4, -0.2) is 45.8 Å². The summed E-state index contributed by atoms with van der Waals surface area (Å²) in [6, 6.07) is 6.53. The van der Waals surface area contributed by atoms with E-state index in [0.29, 0.717) is 11.3 Å². The Kier molecular flexibility index (Phi) is 4.84. The Hall–Kier alpha value is -2.74. The van der Waals surface area contributed by atoms with E-state index in [1.807, 2.05) is 18.2 Å². The van der Waals surface area contributed by atoms with Crippen LogP contribution in [0.3, 0.4) is 0 Å².